The molecule has 0 fully saturated rings. The molecule has 1 aliphatic heterocycles. The Bertz CT molecular complexity index is 934. The molecule has 3 aromatic rings. The van der Waals surface area contributed by atoms with E-state index in [1.54, 1.807) is 6.20 Å². The zero-order valence-electron chi connectivity index (χ0n) is 16.2. The summed E-state index contributed by atoms with van der Waals surface area (Å²) in [5.41, 5.74) is 5.38. The number of aryl methyl sites for hydroxylation is 2. The fourth-order valence-corrected chi connectivity index (χ4v) is 3.36. The van der Waals surface area contributed by atoms with E-state index < -0.39 is 0 Å². The van der Waals surface area contributed by atoms with Gasteiger partial charge in [-0.15, -0.1) is 0 Å². The van der Waals surface area contributed by atoms with Crippen molar-refractivity contribution in [1.82, 2.24) is 4.98 Å². The second kappa shape index (κ2) is 8.21. The van der Waals surface area contributed by atoms with Crippen molar-refractivity contribution in [3.05, 3.63) is 77.1 Å². The molecule has 0 bridgehead atoms. The Kier molecular flexibility index (Phi) is 5.33. The van der Waals surface area contributed by atoms with Crippen molar-refractivity contribution in [2.24, 2.45) is 0 Å². The molecule has 1 aliphatic rings. The molecule has 144 valence electrons. The van der Waals surface area contributed by atoms with Gasteiger partial charge in [-0.25, -0.2) is 0 Å². The van der Waals surface area contributed by atoms with Crippen molar-refractivity contribution in [2.75, 3.05) is 18.5 Å². The Hall–Kier alpha value is -3.21. The molecule has 0 unspecified atom stereocenters. The number of aromatic nitrogens is 1. The van der Waals surface area contributed by atoms with Crippen molar-refractivity contribution in [3.8, 4) is 17.2 Å². The maximum Gasteiger partial charge on any atom is 0.163 e. The van der Waals surface area contributed by atoms with Gasteiger partial charge in [0.2, 0.25) is 0 Å². The zero-order chi connectivity index (χ0) is 19.3. The number of fused-ring (bicyclic) bond motifs is 1. The summed E-state index contributed by atoms with van der Waals surface area (Å²) in [6, 6.07) is 16.1. The van der Waals surface area contributed by atoms with Gasteiger partial charge in [-0.2, -0.15) is 0 Å². The minimum absolute atomic E-state index is 0.470. The van der Waals surface area contributed by atoms with Crippen molar-refractivity contribution in [2.45, 2.75) is 27.0 Å². The molecular weight excluding hydrogens is 352 g/mol. The zero-order valence-corrected chi connectivity index (χ0v) is 16.2. The normalized spacial score (nSPS) is 12.5. The van der Waals surface area contributed by atoms with Crippen molar-refractivity contribution in [3.63, 3.8) is 0 Å². The van der Waals surface area contributed by atoms with Gasteiger partial charge in [-0.3, -0.25) is 4.98 Å². The van der Waals surface area contributed by atoms with Crippen LogP contribution in [0.1, 0.15) is 22.4 Å². The number of rotatable bonds is 6. The molecule has 0 amide bonds. The molecule has 0 saturated heterocycles. The lowest BCUT2D eigenvalue weighted by Gasteiger charge is -2.19. The van der Waals surface area contributed by atoms with Gasteiger partial charge in [0.15, 0.2) is 11.5 Å². The average Bonchev–Trinajstić information content (AvgIpc) is 2.72. The molecule has 5 heteroatoms. The van der Waals surface area contributed by atoms with Crippen LogP contribution in [0.25, 0.3) is 0 Å². The first-order valence-electron chi connectivity index (χ1n) is 9.45. The molecular formula is C23H24N2O3. The van der Waals surface area contributed by atoms with Crippen molar-refractivity contribution >= 4 is 5.69 Å². The minimum atomic E-state index is 0.470. The Morgan fingerprint density at radius 2 is 1.75 bits per heavy atom. The van der Waals surface area contributed by atoms with E-state index in [-0.39, 0.29) is 0 Å². The molecule has 4 rings (SSSR count). The van der Waals surface area contributed by atoms with Crippen LogP contribution in [0, 0.1) is 13.8 Å². The Labute approximate surface area is 165 Å². The van der Waals surface area contributed by atoms with E-state index in [1.807, 2.05) is 36.4 Å². The van der Waals surface area contributed by atoms with E-state index in [2.05, 4.69) is 36.3 Å². The van der Waals surface area contributed by atoms with Gasteiger partial charge in [0.05, 0.1) is 5.69 Å². The number of benzene rings is 2. The first kappa shape index (κ1) is 18.2. The summed E-state index contributed by atoms with van der Waals surface area (Å²) in [4.78, 5) is 4.31. The van der Waals surface area contributed by atoms with Gasteiger partial charge >= 0.3 is 0 Å². The highest BCUT2D eigenvalue weighted by molar-refractivity contribution is 5.55. The Morgan fingerprint density at radius 1 is 0.964 bits per heavy atom. The lowest BCUT2D eigenvalue weighted by atomic mass is 10.1. The second-order valence-corrected chi connectivity index (χ2v) is 6.88. The van der Waals surface area contributed by atoms with Crippen LogP contribution in [-0.4, -0.2) is 18.2 Å². The summed E-state index contributed by atoms with van der Waals surface area (Å²) in [6.45, 7) is 6.55. The Morgan fingerprint density at radius 3 is 2.50 bits per heavy atom. The van der Waals surface area contributed by atoms with E-state index in [1.165, 1.54) is 5.56 Å². The van der Waals surface area contributed by atoms with Gasteiger partial charge in [0.1, 0.15) is 25.6 Å². The van der Waals surface area contributed by atoms with Crippen LogP contribution < -0.4 is 19.5 Å². The van der Waals surface area contributed by atoms with Crippen LogP contribution in [0.5, 0.6) is 17.2 Å². The van der Waals surface area contributed by atoms with E-state index >= 15 is 0 Å². The smallest absolute Gasteiger partial charge is 0.163 e. The minimum Gasteiger partial charge on any atom is -0.487 e. The van der Waals surface area contributed by atoms with E-state index in [0.717, 1.165) is 46.3 Å². The van der Waals surface area contributed by atoms with Gasteiger partial charge in [0, 0.05) is 24.5 Å². The summed E-state index contributed by atoms with van der Waals surface area (Å²) in [5, 5.41) is 3.46. The summed E-state index contributed by atoms with van der Waals surface area (Å²) in [6.07, 6.45) is 1.78. The van der Waals surface area contributed by atoms with Gasteiger partial charge in [-0.05, 0) is 54.8 Å². The maximum absolute atomic E-state index is 6.02. The predicted molar refractivity (Wildman–Crippen MR) is 109 cm³/mol. The molecule has 2 heterocycles. The second-order valence-electron chi connectivity index (χ2n) is 6.88. The third-order valence-electron chi connectivity index (χ3n) is 4.65. The number of nitrogens with one attached hydrogen (secondary N) is 1. The predicted octanol–water partition coefficient (Wildman–Crippen LogP) is 4.66. The van der Waals surface area contributed by atoms with Gasteiger partial charge in [-0.1, -0.05) is 18.2 Å². The molecule has 2 aromatic carbocycles. The largest absolute Gasteiger partial charge is 0.487 e. The molecule has 5 nitrogen and oxygen atoms in total. The summed E-state index contributed by atoms with van der Waals surface area (Å²) < 4.78 is 17.2. The molecule has 0 atom stereocenters. The fraction of sp³-hybridized carbons (Fsp3) is 0.261. The van der Waals surface area contributed by atoms with Crippen LogP contribution in [0.15, 0.2) is 54.7 Å². The Balaban J connectivity index is 1.41. The number of nitrogens with zero attached hydrogens (tertiary/aromatic N) is 1. The topological polar surface area (TPSA) is 52.6 Å². The van der Waals surface area contributed by atoms with Crippen LogP contribution in [0.2, 0.25) is 0 Å². The van der Waals surface area contributed by atoms with Gasteiger partial charge < -0.3 is 19.5 Å². The van der Waals surface area contributed by atoms with E-state index in [9.17, 15) is 0 Å². The average molecular weight is 376 g/mol. The van der Waals surface area contributed by atoms with Crippen LogP contribution in [-0.2, 0) is 13.2 Å². The van der Waals surface area contributed by atoms with Crippen LogP contribution in [0.3, 0.4) is 0 Å². The first-order chi connectivity index (χ1) is 13.7. The van der Waals surface area contributed by atoms with E-state index in [4.69, 9.17) is 14.2 Å². The monoisotopic (exact) mass is 376 g/mol. The van der Waals surface area contributed by atoms with Crippen LogP contribution >= 0.6 is 0 Å². The summed E-state index contributed by atoms with van der Waals surface area (Å²) >= 11 is 0. The SMILES string of the molecule is Cc1cc(CNc2ccc3c(c2)OCCO3)cc(C)c1OCc1ccccn1. The number of hydrogen-bond acceptors (Lipinski definition) is 5. The third-order valence-corrected chi connectivity index (χ3v) is 4.65. The number of ether oxygens (including phenoxy) is 3. The summed E-state index contributed by atoms with van der Waals surface area (Å²) in [7, 11) is 0. The highest BCUT2D eigenvalue weighted by Crippen LogP contribution is 2.33. The first-order valence-corrected chi connectivity index (χ1v) is 9.45. The molecule has 1 aromatic heterocycles. The highest BCUT2D eigenvalue weighted by atomic mass is 16.6. The lowest BCUT2D eigenvalue weighted by molar-refractivity contribution is 0.171. The van der Waals surface area contributed by atoms with Crippen molar-refractivity contribution in [1.29, 1.82) is 0 Å². The molecule has 0 saturated carbocycles. The quantitative estimate of drug-likeness (QED) is 0.678. The standard InChI is InChI=1S/C23H24N2O3/c1-16-11-18(12-17(2)23(16)28-15-20-5-3-4-8-24-20)14-25-19-6-7-21-22(13-19)27-10-9-26-21/h3-8,11-13,25H,9-10,14-15H2,1-2H3. The van der Waals surface area contributed by atoms with E-state index in [0.29, 0.717) is 19.8 Å². The molecule has 0 spiro atoms. The highest BCUT2D eigenvalue weighted by Gasteiger charge is 2.12. The van der Waals surface area contributed by atoms with Crippen LogP contribution in [0.4, 0.5) is 5.69 Å². The summed E-state index contributed by atoms with van der Waals surface area (Å²) in [5.74, 6) is 2.52. The number of anilines is 1. The molecule has 0 radical (unpaired) electrons. The molecule has 28 heavy (non-hydrogen) atoms. The number of pyridine rings is 1. The maximum atomic E-state index is 6.02. The van der Waals surface area contributed by atoms with Gasteiger partial charge in [0.25, 0.3) is 0 Å². The lowest BCUT2D eigenvalue weighted by Crippen LogP contribution is -2.15. The van der Waals surface area contributed by atoms with Crippen molar-refractivity contribution < 1.29 is 14.2 Å². The third kappa shape index (κ3) is 4.19. The molecule has 1 N–H and O–H groups in total. The fourth-order valence-electron chi connectivity index (χ4n) is 3.36. The molecule has 0 aliphatic carbocycles. The number of hydrogen-bond donors (Lipinski definition) is 1.